The highest BCUT2D eigenvalue weighted by atomic mass is 79.9. The van der Waals surface area contributed by atoms with Crippen molar-refractivity contribution in [3.8, 4) is 17.5 Å². The Morgan fingerprint density at radius 1 is 1.18 bits per heavy atom. The molecule has 0 aliphatic rings. The van der Waals surface area contributed by atoms with E-state index in [4.69, 9.17) is 9.68 Å². The van der Waals surface area contributed by atoms with Crippen LogP contribution in [0, 0.1) is 11.3 Å². The first-order chi connectivity index (χ1) is 10.7. The van der Waals surface area contributed by atoms with Gasteiger partial charge < -0.3 is 4.42 Å². The summed E-state index contributed by atoms with van der Waals surface area (Å²) in [6, 6.07) is 13.2. The first kappa shape index (κ1) is 14.8. The van der Waals surface area contributed by atoms with Gasteiger partial charge in [0.25, 0.3) is 0 Å². The molecule has 0 N–H and O–H groups in total. The van der Waals surface area contributed by atoms with Gasteiger partial charge in [0.05, 0.1) is 22.4 Å². The van der Waals surface area contributed by atoms with Crippen molar-refractivity contribution in [1.29, 1.82) is 5.26 Å². The number of nitrogens with zero attached hydrogens (tertiary/aromatic N) is 4. The van der Waals surface area contributed by atoms with Gasteiger partial charge >= 0.3 is 0 Å². The molecule has 2 heterocycles. The van der Waals surface area contributed by atoms with Crippen LogP contribution in [-0.2, 0) is 5.75 Å². The lowest BCUT2D eigenvalue weighted by Crippen LogP contribution is -1.84. The molecular weight excluding hydrogens is 364 g/mol. The fourth-order valence-electron chi connectivity index (χ4n) is 1.71. The van der Waals surface area contributed by atoms with E-state index in [2.05, 4.69) is 37.2 Å². The maximum absolute atomic E-state index is 8.86. The van der Waals surface area contributed by atoms with E-state index in [0.29, 0.717) is 23.1 Å². The zero-order chi connectivity index (χ0) is 15.4. The van der Waals surface area contributed by atoms with Crippen LogP contribution in [0.2, 0.25) is 0 Å². The highest BCUT2D eigenvalue weighted by Crippen LogP contribution is 2.24. The Bertz CT molecular complexity index is 826. The van der Waals surface area contributed by atoms with E-state index >= 15 is 0 Å². The predicted molar refractivity (Wildman–Crippen MR) is 85.9 cm³/mol. The second-order valence-corrected chi connectivity index (χ2v) is 6.20. The quantitative estimate of drug-likeness (QED) is 0.642. The lowest BCUT2D eigenvalue weighted by molar-refractivity contribution is 0.528. The summed E-state index contributed by atoms with van der Waals surface area (Å²) in [4.78, 5) is 4.19. The van der Waals surface area contributed by atoms with Gasteiger partial charge in [-0.05, 0) is 36.4 Å². The van der Waals surface area contributed by atoms with Gasteiger partial charge in [0, 0.05) is 16.2 Å². The molecule has 0 unspecified atom stereocenters. The number of benzene rings is 1. The number of aromatic nitrogens is 3. The molecule has 3 rings (SSSR count). The van der Waals surface area contributed by atoms with Gasteiger partial charge in [-0.1, -0.05) is 27.7 Å². The fraction of sp³-hybridized carbons (Fsp3) is 0.0667. The molecule has 1 aromatic carbocycles. The molecule has 0 amide bonds. The predicted octanol–water partition coefficient (Wildman–Crippen LogP) is 4.06. The van der Waals surface area contributed by atoms with Gasteiger partial charge in [0.2, 0.25) is 11.8 Å². The van der Waals surface area contributed by atoms with Crippen LogP contribution in [0.4, 0.5) is 0 Å². The topological polar surface area (TPSA) is 75.6 Å². The van der Waals surface area contributed by atoms with Crippen LogP contribution >= 0.6 is 27.7 Å². The Labute approximate surface area is 139 Å². The molecule has 0 saturated carbocycles. The van der Waals surface area contributed by atoms with E-state index in [-0.39, 0.29) is 0 Å². The van der Waals surface area contributed by atoms with Crippen molar-refractivity contribution in [3.63, 3.8) is 0 Å². The van der Waals surface area contributed by atoms with Gasteiger partial charge in [0.15, 0.2) is 0 Å². The van der Waals surface area contributed by atoms with Crippen molar-refractivity contribution in [2.75, 3.05) is 0 Å². The van der Waals surface area contributed by atoms with Crippen LogP contribution in [0.3, 0.4) is 0 Å². The molecule has 22 heavy (non-hydrogen) atoms. The van der Waals surface area contributed by atoms with Crippen molar-refractivity contribution in [1.82, 2.24) is 15.2 Å². The van der Waals surface area contributed by atoms with Crippen LogP contribution < -0.4 is 0 Å². The van der Waals surface area contributed by atoms with E-state index in [1.807, 2.05) is 24.3 Å². The maximum atomic E-state index is 8.86. The van der Waals surface area contributed by atoms with Crippen LogP contribution in [0.1, 0.15) is 11.5 Å². The second-order valence-electron chi connectivity index (χ2n) is 4.29. The van der Waals surface area contributed by atoms with Gasteiger partial charge in [0.1, 0.15) is 0 Å². The smallest absolute Gasteiger partial charge is 0.247 e. The van der Waals surface area contributed by atoms with Gasteiger partial charge in [-0.2, -0.15) is 5.26 Å². The number of hydrogen-bond donors (Lipinski definition) is 0. The average Bonchev–Trinajstić information content (AvgIpc) is 3.03. The van der Waals surface area contributed by atoms with Gasteiger partial charge in [-0.3, -0.25) is 0 Å². The zero-order valence-electron chi connectivity index (χ0n) is 11.2. The Kier molecular flexibility index (Phi) is 4.51. The zero-order valence-corrected chi connectivity index (χ0v) is 13.6. The summed E-state index contributed by atoms with van der Waals surface area (Å²) >= 11 is 4.83. The average molecular weight is 373 g/mol. The molecule has 0 atom stereocenters. The number of nitriles is 1. The SMILES string of the molecule is N#Cc1ccnc(SCc2nnc(-c3ccc(Br)cc3)o2)c1. The lowest BCUT2D eigenvalue weighted by Gasteiger charge is -1.97. The van der Waals surface area contributed by atoms with E-state index in [0.717, 1.165) is 15.1 Å². The highest BCUT2D eigenvalue weighted by molar-refractivity contribution is 9.10. The molecule has 5 nitrogen and oxygen atoms in total. The molecular formula is C15H9BrN4OS. The van der Waals surface area contributed by atoms with Crippen LogP contribution in [-0.4, -0.2) is 15.2 Å². The lowest BCUT2D eigenvalue weighted by atomic mass is 10.2. The minimum atomic E-state index is 0.488. The molecule has 0 radical (unpaired) electrons. The van der Waals surface area contributed by atoms with Crippen molar-refractivity contribution in [3.05, 3.63) is 58.5 Å². The minimum absolute atomic E-state index is 0.488. The summed E-state index contributed by atoms with van der Waals surface area (Å²) in [5, 5.41) is 17.7. The number of hydrogen-bond acceptors (Lipinski definition) is 6. The largest absolute Gasteiger partial charge is 0.420 e. The molecule has 0 bridgehead atoms. The van der Waals surface area contributed by atoms with Crippen molar-refractivity contribution in [2.45, 2.75) is 10.8 Å². The summed E-state index contributed by atoms with van der Waals surface area (Å²) in [7, 11) is 0. The summed E-state index contributed by atoms with van der Waals surface area (Å²) in [6.45, 7) is 0. The first-order valence-corrected chi connectivity index (χ1v) is 8.10. The normalized spacial score (nSPS) is 10.4. The summed E-state index contributed by atoms with van der Waals surface area (Å²) in [5.41, 5.74) is 1.45. The van der Waals surface area contributed by atoms with Crippen molar-refractivity contribution >= 4 is 27.7 Å². The van der Waals surface area contributed by atoms with Crippen LogP contribution in [0.5, 0.6) is 0 Å². The molecule has 0 fully saturated rings. The molecule has 2 aromatic heterocycles. The molecule has 108 valence electrons. The minimum Gasteiger partial charge on any atom is -0.420 e. The third kappa shape index (κ3) is 3.53. The van der Waals surface area contributed by atoms with Crippen molar-refractivity contribution < 1.29 is 4.42 Å². The first-order valence-electron chi connectivity index (χ1n) is 6.32. The Morgan fingerprint density at radius 3 is 2.77 bits per heavy atom. The summed E-state index contributed by atoms with van der Waals surface area (Å²) < 4.78 is 6.63. The summed E-state index contributed by atoms with van der Waals surface area (Å²) in [6.07, 6.45) is 1.61. The van der Waals surface area contributed by atoms with Crippen LogP contribution in [0.25, 0.3) is 11.5 Å². The number of thioether (sulfide) groups is 1. The Balaban J connectivity index is 1.69. The van der Waals surface area contributed by atoms with E-state index < -0.39 is 0 Å². The molecule has 3 aromatic rings. The van der Waals surface area contributed by atoms with E-state index in [1.165, 1.54) is 11.8 Å². The molecule has 0 saturated heterocycles. The Morgan fingerprint density at radius 2 is 2.00 bits per heavy atom. The van der Waals surface area contributed by atoms with Crippen molar-refractivity contribution in [2.24, 2.45) is 0 Å². The van der Waals surface area contributed by atoms with Gasteiger partial charge in [-0.25, -0.2) is 4.98 Å². The van der Waals surface area contributed by atoms with E-state index in [9.17, 15) is 0 Å². The second kappa shape index (κ2) is 6.73. The molecule has 0 aliphatic carbocycles. The number of halogens is 1. The van der Waals surface area contributed by atoms with Crippen LogP contribution in [0.15, 0.2) is 56.5 Å². The third-order valence-corrected chi connectivity index (χ3v) is 4.20. The maximum Gasteiger partial charge on any atom is 0.247 e. The summed E-state index contributed by atoms with van der Waals surface area (Å²) in [5.74, 6) is 1.51. The standard InChI is InChI=1S/C15H9BrN4OS/c16-12-3-1-11(2-4-12)15-20-19-13(21-15)9-22-14-7-10(8-17)5-6-18-14/h1-7H,9H2. The number of rotatable bonds is 4. The Hall–Kier alpha value is -2.17. The monoisotopic (exact) mass is 372 g/mol. The molecule has 7 heteroatoms. The fourth-order valence-corrected chi connectivity index (χ4v) is 2.71. The number of pyridine rings is 1. The van der Waals surface area contributed by atoms with Gasteiger partial charge in [-0.15, -0.1) is 10.2 Å². The third-order valence-electron chi connectivity index (χ3n) is 2.77. The molecule has 0 aliphatic heterocycles. The molecule has 0 spiro atoms. The highest BCUT2D eigenvalue weighted by Gasteiger charge is 2.09. The van der Waals surface area contributed by atoms with E-state index in [1.54, 1.807) is 18.3 Å².